The van der Waals surface area contributed by atoms with E-state index in [2.05, 4.69) is 24.0 Å². The summed E-state index contributed by atoms with van der Waals surface area (Å²) >= 11 is 5.97. The van der Waals surface area contributed by atoms with Crippen molar-refractivity contribution < 1.29 is 4.79 Å². The van der Waals surface area contributed by atoms with Gasteiger partial charge in [-0.3, -0.25) is 4.79 Å². The van der Waals surface area contributed by atoms with Gasteiger partial charge in [-0.15, -0.1) is 0 Å². The fraction of sp³-hybridized carbons (Fsp3) is 0.227. The van der Waals surface area contributed by atoms with E-state index in [1.54, 1.807) is 0 Å². The Hall–Kier alpha value is -2.52. The Kier molecular flexibility index (Phi) is 4.33. The van der Waals surface area contributed by atoms with Gasteiger partial charge in [0.1, 0.15) is 0 Å². The van der Waals surface area contributed by atoms with Crippen LogP contribution >= 0.6 is 11.6 Å². The van der Waals surface area contributed by atoms with Crippen LogP contribution < -0.4 is 0 Å². The number of para-hydroxylation sites is 1. The van der Waals surface area contributed by atoms with Gasteiger partial charge >= 0.3 is 0 Å². The summed E-state index contributed by atoms with van der Waals surface area (Å²) in [5, 5.41) is 1.91. The highest BCUT2D eigenvalue weighted by Crippen LogP contribution is 2.40. The van der Waals surface area contributed by atoms with Crippen molar-refractivity contribution in [2.24, 2.45) is 0 Å². The van der Waals surface area contributed by atoms with Crippen LogP contribution in [0.5, 0.6) is 0 Å². The SMILES string of the molecule is CC1=C(C)[C@H](c2c[nH]c3ccccc23)N(CCc2ccc(Cl)cc2)C1=O. The average molecular weight is 365 g/mol. The Morgan fingerprint density at radius 2 is 1.81 bits per heavy atom. The number of halogens is 1. The minimum Gasteiger partial charge on any atom is -0.361 e. The second-order valence-corrected chi connectivity index (χ2v) is 7.31. The first kappa shape index (κ1) is 16.9. The molecule has 1 aliphatic rings. The van der Waals surface area contributed by atoms with Crippen LogP contribution in [0, 0.1) is 0 Å². The molecule has 1 amide bonds. The number of benzene rings is 2. The molecule has 4 rings (SSSR count). The standard InChI is InChI=1S/C22H21ClN2O/c1-14-15(2)22(26)25(12-11-16-7-9-17(23)10-8-16)21(14)19-13-24-20-6-4-3-5-18(19)20/h3-10,13,21,24H,11-12H2,1-2H3/t21-/m1/s1. The van der Waals surface area contributed by atoms with Crippen molar-refractivity contribution >= 4 is 28.4 Å². The molecule has 1 aromatic heterocycles. The number of hydrogen-bond donors (Lipinski definition) is 1. The second-order valence-electron chi connectivity index (χ2n) is 6.88. The number of amides is 1. The van der Waals surface area contributed by atoms with Gasteiger partial charge in [-0.1, -0.05) is 41.9 Å². The molecule has 3 nitrogen and oxygen atoms in total. The van der Waals surface area contributed by atoms with Gasteiger partial charge in [-0.2, -0.15) is 0 Å². The van der Waals surface area contributed by atoms with E-state index in [-0.39, 0.29) is 11.9 Å². The summed E-state index contributed by atoms with van der Waals surface area (Å²) in [5.74, 6) is 0.131. The van der Waals surface area contributed by atoms with E-state index in [4.69, 9.17) is 11.6 Å². The van der Waals surface area contributed by atoms with Crippen molar-refractivity contribution in [1.82, 2.24) is 9.88 Å². The lowest BCUT2D eigenvalue weighted by atomic mass is 9.98. The number of aromatic amines is 1. The van der Waals surface area contributed by atoms with Crippen molar-refractivity contribution in [2.75, 3.05) is 6.54 Å². The van der Waals surface area contributed by atoms with Crippen molar-refractivity contribution in [3.05, 3.63) is 82.0 Å². The molecule has 2 aromatic carbocycles. The Morgan fingerprint density at radius 1 is 1.08 bits per heavy atom. The Labute approximate surface area is 158 Å². The van der Waals surface area contributed by atoms with Gasteiger partial charge in [0.25, 0.3) is 0 Å². The van der Waals surface area contributed by atoms with Gasteiger partial charge < -0.3 is 9.88 Å². The summed E-state index contributed by atoms with van der Waals surface area (Å²) in [5.41, 5.74) is 5.44. The molecule has 0 spiro atoms. The van der Waals surface area contributed by atoms with Crippen LogP contribution in [0.3, 0.4) is 0 Å². The summed E-state index contributed by atoms with van der Waals surface area (Å²) in [6, 6.07) is 16.1. The maximum Gasteiger partial charge on any atom is 0.250 e. The molecule has 26 heavy (non-hydrogen) atoms. The number of nitrogens with zero attached hydrogens (tertiary/aromatic N) is 1. The summed E-state index contributed by atoms with van der Waals surface area (Å²) in [7, 11) is 0. The van der Waals surface area contributed by atoms with Gasteiger partial charge in [0, 0.05) is 39.8 Å². The van der Waals surface area contributed by atoms with Crippen LogP contribution in [0.4, 0.5) is 0 Å². The summed E-state index contributed by atoms with van der Waals surface area (Å²) in [6.07, 6.45) is 2.85. The molecule has 2 heterocycles. The van der Waals surface area contributed by atoms with Crippen molar-refractivity contribution in [1.29, 1.82) is 0 Å². The third-order valence-electron chi connectivity index (χ3n) is 5.37. The minimum atomic E-state index is -0.00838. The van der Waals surface area contributed by atoms with E-state index in [0.717, 1.165) is 28.1 Å². The van der Waals surface area contributed by atoms with Crippen molar-refractivity contribution in [3.8, 4) is 0 Å². The van der Waals surface area contributed by atoms with Crippen molar-refractivity contribution in [3.63, 3.8) is 0 Å². The van der Waals surface area contributed by atoms with E-state index >= 15 is 0 Å². The number of carbonyl (C=O) groups is 1. The number of nitrogens with one attached hydrogen (secondary N) is 1. The monoisotopic (exact) mass is 364 g/mol. The molecule has 1 N–H and O–H groups in total. The van der Waals surface area contributed by atoms with Crippen LogP contribution in [-0.4, -0.2) is 22.3 Å². The van der Waals surface area contributed by atoms with Crippen LogP contribution in [0.15, 0.2) is 65.9 Å². The predicted octanol–water partition coefficient (Wildman–Crippen LogP) is 5.28. The van der Waals surface area contributed by atoms with Gasteiger partial charge in [0.15, 0.2) is 0 Å². The molecule has 0 saturated heterocycles. The number of aromatic nitrogens is 1. The molecule has 1 aliphatic heterocycles. The quantitative estimate of drug-likeness (QED) is 0.671. The molecule has 0 bridgehead atoms. The maximum absolute atomic E-state index is 12.9. The first-order chi connectivity index (χ1) is 12.6. The third kappa shape index (κ3) is 2.82. The van der Waals surface area contributed by atoms with Gasteiger partial charge in [0.05, 0.1) is 6.04 Å². The van der Waals surface area contributed by atoms with E-state index in [1.807, 2.05) is 54.4 Å². The Morgan fingerprint density at radius 3 is 2.58 bits per heavy atom. The highest BCUT2D eigenvalue weighted by atomic mass is 35.5. The molecule has 0 fully saturated rings. The predicted molar refractivity (Wildman–Crippen MR) is 106 cm³/mol. The fourth-order valence-electron chi connectivity index (χ4n) is 3.79. The first-order valence-corrected chi connectivity index (χ1v) is 9.23. The summed E-state index contributed by atoms with van der Waals surface area (Å²) in [6.45, 7) is 4.68. The number of rotatable bonds is 4. The third-order valence-corrected chi connectivity index (χ3v) is 5.62. The topological polar surface area (TPSA) is 36.1 Å². The zero-order valence-corrected chi connectivity index (χ0v) is 15.7. The molecular weight excluding hydrogens is 344 g/mol. The molecule has 4 heteroatoms. The number of carbonyl (C=O) groups excluding carboxylic acids is 1. The average Bonchev–Trinajstić information content (AvgIpc) is 3.16. The smallest absolute Gasteiger partial charge is 0.250 e. The highest BCUT2D eigenvalue weighted by Gasteiger charge is 2.36. The molecule has 1 atom stereocenters. The lowest BCUT2D eigenvalue weighted by Gasteiger charge is -2.26. The number of fused-ring (bicyclic) bond motifs is 1. The lowest BCUT2D eigenvalue weighted by Crippen LogP contribution is -2.32. The van der Waals surface area contributed by atoms with Crippen molar-refractivity contribution in [2.45, 2.75) is 26.3 Å². The van der Waals surface area contributed by atoms with Crippen LogP contribution in [0.25, 0.3) is 10.9 Å². The first-order valence-electron chi connectivity index (χ1n) is 8.85. The number of hydrogen-bond acceptors (Lipinski definition) is 1. The Bertz CT molecular complexity index is 1000. The second kappa shape index (κ2) is 6.65. The molecule has 0 unspecified atom stereocenters. The van der Waals surface area contributed by atoms with Crippen LogP contribution in [0.2, 0.25) is 5.02 Å². The van der Waals surface area contributed by atoms with Gasteiger partial charge in [-0.05, 0) is 49.6 Å². The largest absolute Gasteiger partial charge is 0.361 e. The summed E-state index contributed by atoms with van der Waals surface area (Å²) in [4.78, 5) is 18.2. The van der Waals surface area contributed by atoms with Gasteiger partial charge in [0.2, 0.25) is 5.91 Å². The molecular formula is C22H21ClN2O. The van der Waals surface area contributed by atoms with E-state index in [1.165, 1.54) is 16.5 Å². The molecule has 0 aliphatic carbocycles. The molecule has 0 saturated carbocycles. The van der Waals surface area contributed by atoms with E-state index in [9.17, 15) is 4.79 Å². The zero-order chi connectivity index (χ0) is 18.3. The zero-order valence-electron chi connectivity index (χ0n) is 14.9. The minimum absolute atomic E-state index is 0.00838. The van der Waals surface area contributed by atoms with Crippen LogP contribution in [-0.2, 0) is 11.2 Å². The van der Waals surface area contributed by atoms with Gasteiger partial charge in [-0.25, -0.2) is 0 Å². The maximum atomic E-state index is 12.9. The Balaban J connectivity index is 1.66. The summed E-state index contributed by atoms with van der Waals surface area (Å²) < 4.78 is 0. The van der Waals surface area contributed by atoms with Crippen LogP contribution in [0.1, 0.15) is 31.0 Å². The fourth-order valence-corrected chi connectivity index (χ4v) is 3.92. The molecule has 0 radical (unpaired) electrons. The highest BCUT2D eigenvalue weighted by molar-refractivity contribution is 6.30. The normalized spacial score (nSPS) is 17.6. The molecule has 3 aromatic rings. The van der Waals surface area contributed by atoms with E-state index in [0.29, 0.717) is 6.54 Å². The lowest BCUT2D eigenvalue weighted by molar-refractivity contribution is -0.127. The molecule has 132 valence electrons. The van der Waals surface area contributed by atoms with E-state index < -0.39 is 0 Å². The number of H-pyrrole nitrogens is 1.